The lowest BCUT2D eigenvalue weighted by molar-refractivity contribution is -0.144. The summed E-state index contributed by atoms with van der Waals surface area (Å²) in [4.78, 5) is 42.8. The first kappa shape index (κ1) is 19.6. The number of para-hydroxylation sites is 2. The fourth-order valence-corrected chi connectivity index (χ4v) is 3.35. The third kappa shape index (κ3) is 3.89. The van der Waals surface area contributed by atoms with Gasteiger partial charge in [-0.2, -0.15) is 0 Å². The van der Waals surface area contributed by atoms with Gasteiger partial charge in [-0.1, -0.05) is 18.2 Å². The van der Waals surface area contributed by atoms with Gasteiger partial charge >= 0.3 is 5.97 Å². The van der Waals surface area contributed by atoms with Gasteiger partial charge in [-0.25, -0.2) is 4.98 Å². The molecule has 0 spiro atoms. The number of nitrogens with zero attached hydrogens (tertiary/aromatic N) is 3. The Morgan fingerprint density at radius 3 is 2.83 bits per heavy atom. The predicted molar refractivity (Wildman–Crippen MR) is 109 cm³/mol. The van der Waals surface area contributed by atoms with Crippen molar-refractivity contribution in [2.75, 3.05) is 11.4 Å². The summed E-state index contributed by atoms with van der Waals surface area (Å²) in [7, 11) is 0. The van der Waals surface area contributed by atoms with E-state index in [9.17, 15) is 14.4 Å². The van der Waals surface area contributed by atoms with Crippen molar-refractivity contribution in [2.24, 2.45) is 0 Å². The van der Waals surface area contributed by atoms with Crippen LogP contribution in [0.4, 0.5) is 5.69 Å². The normalized spacial score (nSPS) is 15.6. The van der Waals surface area contributed by atoms with Crippen molar-refractivity contribution in [1.29, 1.82) is 0 Å². The van der Waals surface area contributed by atoms with Crippen LogP contribution in [0.25, 0.3) is 5.65 Å². The standard InChI is InChI=1S/C22H21N3O5/c1-14-7-8-19-23-16(11-20(26)25(19)12-14)13-29-21(27)9-10-24-17-5-3-4-6-18(17)30-15(2)22(24)28/h3-8,11-12,15H,9-10,13H2,1-2H3/t15-/m0/s1. The molecule has 0 aliphatic carbocycles. The zero-order valence-electron chi connectivity index (χ0n) is 16.7. The van der Waals surface area contributed by atoms with Crippen molar-refractivity contribution in [3.05, 3.63) is 70.3 Å². The molecule has 2 aromatic heterocycles. The van der Waals surface area contributed by atoms with Gasteiger partial charge in [-0.15, -0.1) is 0 Å². The van der Waals surface area contributed by atoms with Crippen LogP contribution in [-0.4, -0.2) is 33.9 Å². The molecule has 0 saturated carbocycles. The van der Waals surface area contributed by atoms with Crippen LogP contribution in [0.3, 0.4) is 0 Å². The number of aromatic nitrogens is 2. The molecule has 1 amide bonds. The van der Waals surface area contributed by atoms with Gasteiger partial charge < -0.3 is 14.4 Å². The Hall–Kier alpha value is -3.68. The molecule has 3 heterocycles. The number of carbonyl (C=O) groups is 2. The monoisotopic (exact) mass is 407 g/mol. The number of benzene rings is 1. The number of hydrogen-bond donors (Lipinski definition) is 0. The van der Waals surface area contributed by atoms with E-state index in [0.29, 0.717) is 22.8 Å². The van der Waals surface area contributed by atoms with E-state index in [1.807, 2.05) is 25.1 Å². The summed E-state index contributed by atoms with van der Waals surface area (Å²) >= 11 is 0. The second-order valence-electron chi connectivity index (χ2n) is 7.15. The van der Waals surface area contributed by atoms with Gasteiger partial charge in [-0.05, 0) is 37.6 Å². The maximum absolute atomic E-state index is 12.5. The van der Waals surface area contributed by atoms with E-state index in [-0.39, 0.29) is 31.0 Å². The summed E-state index contributed by atoms with van der Waals surface area (Å²) in [5, 5.41) is 0. The van der Waals surface area contributed by atoms with Crippen molar-refractivity contribution >= 4 is 23.2 Å². The number of anilines is 1. The van der Waals surface area contributed by atoms with Crippen molar-refractivity contribution in [3.8, 4) is 5.75 Å². The molecule has 1 aliphatic heterocycles. The van der Waals surface area contributed by atoms with Crippen LogP contribution < -0.4 is 15.2 Å². The van der Waals surface area contributed by atoms with Crippen molar-refractivity contribution < 1.29 is 19.1 Å². The average Bonchev–Trinajstić information content (AvgIpc) is 2.73. The highest BCUT2D eigenvalue weighted by atomic mass is 16.5. The zero-order chi connectivity index (χ0) is 21.3. The largest absolute Gasteiger partial charge is 0.479 e. The summed E-state index contributed by atoms with van der Waals surface area (Å²) in [5.74, 6) is -0.0830. The summed E-state index contributed by atoms with van der Waals surface area (Å²) in [5.41, 5.74) is 2.20. The van der Waals surface area contributed by atoms with Crippen LogP contribution >= 0.6 is 0 Å². The Labute approximate surface area is 172 Å². The second kappa shape index (κ2) is 7.98. The van der Waals surface area contributed by atoms with Crippen LogP contribution in [0.2, 0.25) is 0 Å². The summed E-state index contributed by atoms with van der Waals surface area (Å²) in [6.45, 7) is 3.63. The van der Waals surface area contributed by atoms with E-state index < -0.39 is 12.1 Å². The Kier molecular flexibility index (Phi) is 5.22. The van der Waals surface area contributed by atoms with Crippen molar-refractivity contribution in [3.63, 3.8) is 0 Å². The second-order valence-corrected chi connectivity index (χ2v) is 7.15. The third-order valence-electron chi connectivity index (χ3n) is 4.85. The number of esters is 1. The minimum atomic E-state index is -0.616. The van der Waals surface area contributed by atoms with Crippen LogP contribution in [0, 0.1) is 6.92 Å². The number of hydrogen-bond acceptors (Lipinski definition) is 6. The van der Waals surface area contributed by atoms with Gasteiger partial charge in [0.2, 0.25) is 0 Å². The molecular formula is C22H21N3O5. The fraction of sp³-hybridized carbons (Fsp3) is 0.273. The van der Waals surface area contributed by atoms with Gasteiger partial charge in [0, 0.05) is 18.8 Å². The van der Waals surface area contributed by atoms with Crippen molar-refractivity contribution in [2.45, 2.75) is 33.0 Å². The summed E-state index contributed by atoms with van der Waals surface area (Å²) in [6.07, 6.45) is 1.10. The smallest absolute Gasteiger partial charge is 0.307 e. The maximum atomic E-state index is 12.5. The van der Waals surface area contributed by atoms with E-state index in [0.717, 1.165) is 5.56 Å². The van der Waals surface area contributed by atoms with Gasteiger partial charge in [0.05, 0.1) is 17.8 Å². The Morgan fingerprint density at radius 1 is 1.20 bits per heavy atom. The highest BCUT2D eigenvalue weighted by molar-refractivity contribution is 6.00. The van der Waals surface area contributed by atoms with Crippen LogP contribution in [0.1, 0.15) is 24.6 Å². The molecule has 1 aromatic carbocycles. The molecule has 3 aromatic rings. The highest BCUT2D eigenvalue weighted by Gasteiger charge is 2.31. The van der Waals surface area contributed by atoms with E-state index in [4.69, 9.17) is 9.47 Å². The number of pyridine rings is 1. The molecule has 1 atom stereocenters. The van der Waals surface area contributed by atoms with Crippen LogP contribution in [0.15, 0.2) is 53.5 Å². The molecule has 0 radical (unpaired) electrons. The molecule has 0 bridgehead atoms. The minimum absolute atomic E-state index is 0.0125. The van der Waals surface area contributed by atoms with Gasteiger partial charge in [-0.3, -0.25) is 18.8 Å². The molecule has 154 valence electrons. The quantitative estimate of drug-likeness (QED) is 0.603. The lowest BCUT2D eigenvalue weighted by Gasteiger charge is -2.32. The van der Waals surface area contributed by atoms with E-state index in [1.165, 1.54) is 15.4 Å². The van der Waals surface area contributed by atoms with Gasteiger partial charge in [0.25, 0.3) is 11.5 Å². The van der Waals surface area contributed by atoms with Crippen LogP contribution in [-0.2, 0) is 20.9 Å². The number of rotatable bonds is 5. The molecule has 0 fully saturated rings. The molecule has 8 heteroatoms. The van der Waals surface area contributed by atoms with E-state index in [1.54, 1.807) is 31.3 Å². The molecule has 8 nitrogen and oxygen atoms in total. The number of carbonyl (C=O) groups excluding carboxylic acids is 2. The first-order valence-electron chi connectivity index (χ1n) is 9.64. The average molecular weight is 407 g/mol. The maximum Gasteiger partial charge on any atom is 0.307 e. The molecule has 4 rings (SSSR count). The summed E-state index contributed by atoms with van der Waals surface area (Å²) < 4.78 is 12.3. The lowest BCUT2D eigenvalue weighted by Crippen LogP contribution is -2.45. The number of ether oxygens (including phenoxy) is 2. The molecule has 30 heavy (non-hydrogen) atoms. The SMILES string of the molecule is Cc1ccc2nc(COC(=O)CCN3C(=O)[C@H](C)Oc4ccccc43)cc(=O)n2c1. The summed E-state index contributed by atoms with van der Waals surface area (Å²) in [6, 6.07) is 12.1. The molecule has 1 aliphatic rings. The Bertz CT molecular complexity index is 1190. The minimum Gasteiger partial charge on any atom is -0.479 e. The van der Waals surface area contributed by atoms with Crippen LogP contribution in [0.5, 0.6) is 5.75 Å². The van der Waals surface area contributed by atoms with Gasteiger partial charge in [0.15, 0.2) is 6.10 Å². The Morgan fingerprint density at radius 2 is 2.00 bits per heavy atom. The molecule has 0 unspecified atom stereocenters. The zero-order valence-corrected chi connectivity index (χ0v) is 16.7. The highest BCUT2D eigenvalue weighted by Crippen LogP contribution is 2.33. The van der Waals surface area contributed by atoms with E-state index >= 15 is 0 Å². The third-order valence-corrected chi connectivity index (χ3v) is 4.85. The molecular weight excluding hydrogens is 386 g/mol. The van der Waals surface area contributed by atoms with E-state index in [2.05, 4.69) is 4.98 Å². The first-order chi connectivity index (χ1) is 14.4. The topological polar surface area (TPSA) is 90.2 Å². The Balaban J connectivity index is 1.40. The lowest BCUT2D eigenvalue weighted by atomic mass is 10.2. The molecule has 0 N–H and O–H groups in total. The number of amides is 1. The fourth-order valence-electron chi connectivity index (χ4n) is 3.35. The van der Waals surface area contributed by atoms with Crippen molar-refractivity contribution in [1.82, 2.24) is 9.38 Å². The number of fused-ring (bicyclic) bond motifs is 2. The number of aryl methyl sites for hydroxylation is 1. The molecule has 0 saturated heterocycles. The van der Waals surface area contributed by atoms with Gasteiger partial charge in [0.1, 0.15) is 18.0 Å². The predicted octanol–water partition coefficient (Wildman–Crippen LogP) is 2.25. The first-order valence-corrected chi connectivity index (χ1v) is 9.64.